The molecular formula is C21H17N3O2. The van der Waals surface area contributed by atoms with Gasteiger partial charge in [0.05, 0.1) is 17.7 Å². The number of benzene rings is 2. The standard InChI is InChI=1S/C21H17N3O2/c1-2-20(25)23-12-17(13-23)24-11-16-8-7-14(9-19(16)21(24)26)18-6-4-3-5-15(18)10-22/h2-9,17H,1,11-13H2. The Balaban J connectivity index is 1.58. The maximum absolute atomic E-state index is 12.9. The maximum atomic E-state index is 12.9. The summed E-state index contributed by atoms with van der Waals surface area (Å²) in [5.41, 5.74) is 3.96. The van der Waals surface area contributed by atoms with E-state index in [0.717, 1.165) is 16.7 Å². The van der Waals surface area contributed by atoms with Crippen LogP contribution in [-0.2, 0) is 11.3 Å². The first kappa shape index (κ1) is 16.1. The number of rotatable bonds is 3. The molecule has 128 valence electrons. The summed E-state index contributed by atoms with van der Waals surface area (Å²) in [5, 5.41) is 9.31. The Morgan fingerprint density at radius 3 is 2.69 bits per heavy atom. The van der Waals surface area contributed by atoms with E-state index in [1.54, 1.807) is 11.0 Å². The van der Waals surface area contributed by atoms with Gasteiger partial charge in [0.15, 0.2) is 0 Å². The highest BCUT2D eigenvalue weighted by molar-refractivity contribution is 6.00. The summed E-state index contributed by atoms with van der Waals surface area (Å²) in [7, 11) is 0. The van der Waals surface area contributed by atoms with Crippen LogP contribution < -0.4 is 0 Å². The lowest BCUT2D eigenvalue weighted by molar-refractivity contribution is -0.132. The first-order chi connectivity index (χ1) is 12.6. The summed E-state index contributed by atoms with van der Waals surface area (Å²) in [6, 6.07) is 15.4. The molecule has 5 heteroatoms. The Morgan fingerprint density at radius 1 is 1.19 bits per heavy atom. The van der Waals surface area contributed by atoms with Crippen LogP contribution in [0.5, 0.6) is 0 Å². The smallest absolute Gasteiger partial charge is 0.254 e. The number of nitrogens with zero attached hydrogens (tertiary/aromatic N) is 3. The highest BCUT2D eigenvalue weighted by Crippen LogP contribution is 2.32. The molecular weight excluding hydrogens is 326 g/mol. The minimum Gasteiger partial charge on any atom is -0.335 e. The minimum atomic E-state index is -0.0965. The van der Waals surface area contributed by atoms with Gasteiger partial charge >= 0.3 is 0 Å². The van der Waals surface area contributed by atoms with E-state index in [4.69, 9.17) is 0 Å². The third-order valence-electron chi connectivity index (χ3n) is 5.09. The van der Waals surface area contributed by atoms with Crippen molar-refractivity contribution in [2.75, 3.05) is 13.1 Å². The van der Waals surface area contributed by atoms with E-state index >= 15 is 0 Å². The molecule has 0 aromatic heterocycles. The van der Waals surface area contributed by atoms with E-state index in [1.807, 2.05) is 41.3 Å². The molecule has 1 fully saturated rings. The van der Waals surface area contributed by atoms with E-state index in [-0.39, 0.29) is 17.9 Å². The monoisotopic (exact) mass is 343 g/mol. The van der Waals surface area contributed by atoms with Crippen LogP contribution in [0.4, 0.5) is 0 Å². The van der Waals surface area contributed by atoms with E-state index < -0.39 is 0 Å². The topological polar surface area (TPSA) is 64.4 Å². The van der Waals surface area contributed by atoms with Crippen LogP contribution in [0.15, 0.2) is 55.1 Å². The highest BCUT2D eigenvalue weighted by atomic mass is 16.2. The molecule has 1 saturated heterocycles. The SMILES string of the molecule is C=CC(=O)N1CC(N2Cc3ccc(-c4ccccc4C#N)cc3C2=O)C1. The molecule has 0 saturated carbocycles. The quantitative estimate of drug-likeness (QED) is 0.805. The lowest BCUT2D eigenvalue weighted by Gasteiger charge is -2.43. The van der Waals surface area contributed by atoms with Crippen molar-refractivity contribution in [1.82, 2.24) is 9.80 Å². The second-order valence-corrected chi connectivity index (χ2v) is 6.56. The summed E-state index contributed by atoms with van der Waals surface area (Å²) in [6.07, 6.45) is 1.30. The number of carbonyl (C=O) groups excluding carboxylic acids is 2. The molecule has 0 N–H and O–H groups in total. The fourth-order valence-corrected chi connectivity index (χ4v) is 3.58. The number of amides is 2. The molecule has 0 bridgehead atoms. The van der Waals surface area contributed by atoms with Crippen molar-refractivity contribution >= 4 is 11.8 Å². The van der Waals surface area contributed by atoms with Crippen LogP contribution in [-0.4, -0.2) is 40.7 Å². The van der Waals surface area contributed by atoms with Crippen LogP contribution in [0.3, 0.4) is 0 Å². The van der Waals surface area contributed by atoms with E-state index in [0.29, 0.717) is 30.8 Å². The van der Waals surface area contributed by atoms with Crippen LogP contribution in [0.2, 0.25) is 0 Å². The molecule has 2 aromatic rings. The molecule has 2 aliphatic rings. The maximum Gasteiger partial charge on any atom is 0.254 e. The molecule has 4 rings (SSSR count). The molecule has 0 radical (unpaired) electrons. The van der Waals surface area contributed by atoms with Crippen LogP contribution in [0, 0.1) is 11.3 Å². The van der Waals surface area contributed by atoms with Crippen molar-refractivity contribution in [3.05, 3.63) is 71.8 Å². The molecule has 2 heterocycles. The van der Waals surface area contributed by atoms with Gasteiger partial charge in [-0.05, 0) is 34.9 Å². The number of hydrogen-bond donors (Lipinski definition) is 0. The zero-order valence-corrected chi connectivity index (χ0v) is 14.2. The highest BCUT2D eigenvalue weighted by Gasteiger charge is 2.40. The Labute approximate surface area is 151 Å². The van der Waals surface area contributed by atoms with Crippen LogP contribution in [0.1, 0.15) is 21.5 Å². The van der Waals surface area contributed by atoms with Gasteiger partial charge in [-0.15, -0.1) is 0 Å². The van der Waals surface area contributed by atoms with Gasteiger partial charge in [-0.2, -0.15) is 5.26 Å². The second kappa shape index (κ2) is 6.16. The van der Waals surface area contributed by atoms with Crippen LogP contribution in [0.25, 0.3) is 11.1 Å². The summed E-state index contributed by atoms with van der Waals surface area (Å²) in [5.74, 6) is -0.104. The fourth-order valence-electron chi connectivity index (χ4n) is 3.58. The molecule has 0 atom stereocenters. The predicted octanol–water partition coefficient (Wildman–Crippen LogP) is 2.58. The van der Waals surface area contributed by atoms with Gasteiger partial charge in [-0.1, -0.05) is 36.9 Å². The third-order valence-corrected chi connectivity index (χ3v) is 5.09. The molecule has 5 nitrogen and oxygen atoms in total. The van der Waals surface area contributed by atoms with E-state index in [1.165, 1.54) is 6.08 Å². The van der Waals surface area contributed by atoms with Gasteiger partial charge in [-0.3, -0.25) is 9.59 Å². The van der Waals surface area contributed by atoms with Crippen molar-refractivity contribution < 1.29 is 9.59 Å². The Kier molecular flexibility index (Phi) is 3.81. The normalized spacial score (nSPS) is 16.0. The Hall–Kier alpha value is -3.39. The Bertz CT molecular complexity index is 967. The number of hydrogen-bond acceptors (Lipinski definition) is 3. The summed E-state index contributed by atoms with van der Waals surface area (Å²) in [4.78, 5) is 28.0. The second-order valence-electron chi connectivity index (χ2n) is 6.56. The van der Waals surface area contributed by atoms with Gasteiger partial charge < -0.3 is 9.80 Å². The van der Waals surface area contributed by atoms with Crippen molar-refractivity contribution in [3.63, 3.8) is 0 Å². The molecule has 2 aromatic carbocycles. The van der Waals surface area contributed by atoms with Gasteiger partial charge in [-0.25, -0.2) is 0 Å². The predicted molar refractivity (Wildman–Crippen MR) is 97.0 cm³/mol. The van der Waals surface area contributed by atoms with Crippen molar-refractivity contribution in [2.24, 2.45) is 0 Å². The summed E-state index contributed by atoms with van der Waals surface area (Å²) in [6.45, 7) is 5.16. The summed E-state index contributed by atoms with van der Waals surface area (Å²) < 4.78 is 0. The number of carbonyl (C=O) groups is 2. The van der Waals surface area contributed by atoms with Gasteiger partial charge in [0, 0.05) is 25.2 Å². The van der Waals surface area contributed by atoms with Gasteiger partial charge in [0.25, 0.3) is 5.91 Å². The first-order valence-electron chi connectivity index (χ1n) is 8.47. The zero-order valence-electron chi connectivity index (χ0n) is 14.2. The zero-order chi connectivity index (χ0) is 18.3. The molecule has 2 amide bonds. The lowest BCUT2D eigenvalue weighted by atomic mass is 9.97. The molecule has 26 heavy (non-hydrogen) atoms. The van der Waals surface area contributed by atoms with E-state index in [9.17, 15) is 14.9 Å². The molecule has 2 aliphatic heterocycles. The van der Waals surface area contributed by atoms with Crippen molar-refractivity contribution in [2.45, 2.75) is 12.6 Å². The van der Waals surface area contributed by atoms with Gasteiger partial charge in [0.2, 0.25) is 5.91 Å². The summed E-state index contributed by atoms with van der Waals surface area (Å²) >= 11 is 0. The van der Waals surface area contributed by atoms with Crippen LogP contribution >= 0.6 is 0 Å². The first-order valence-corrected chi connectivity index (χ1v) is 8.47. The Morgan fingerprint density at radius 2 is 1.96 bits per heavy atom. The third kappa shape index (κ3) is 2.47. The van der Waals surface area contributed by atoms with Crippen molar-refractivity contribution in [3.8, 4) is 17.2 Å². The number of nitriles is 1. The fraction of sp³-hybridized carbons (Fsp3) is 0.190. The number of fused-ring (bicyclic) bond motifs is 1. The van der Waals surface area contributed by atoms with Crippen molar-refractivity contribution in [1.29, 1.82) is 5.26 Å². The number of likely N-dealkylation sites (tertiary alicyclic amines) is 1. The molecule has 0 spiro atoms. The molecule has 0 aliphatic carbocycles. The minimum absolute atomic E-state index is 0.00742. The average Bonchev–Trinajstić information content (AvgIpc) is 2.96. The molecule has 0 unspecified atom stereocenters. The lowest BCUT2D eigenvalue weighted by Crippen LogP contribution is -2.60. The average molecular weight is 343 g/mol. The van der Waals surface area contributed by atoms with E-state index in [2.05, 4.69) is 12.6 Å². The van der Waals surface area contributed by atoms with Gasteiger partial charge in [0.1, 0.15) is 0 Å². The largest absolute Gasteiger partial charge is 0.335 e.